The van der Waals surface area contributed by atoms with Gasteiger partial charge in [-0.05, 0) is 31.2 Å². The first-order valence-corrected chi connectivity index (χ1v) is 9.56. The van der Waals surface area contributed by atoms with Crippen molar-refractivity contribution in [3.05, 3.63) is 47.9 Å². The number of benzene rings is 1. The van der Waals surface area contributed by atoms with Gasteiger partial charge in [-0.15, -0.1) is 0 Å². The lowest BCUT2D eigenvalue weighted by molar-refractivity contribution is 0.0760. The van der Waals surface area contributed by atoms with Gasteiger partial charge in [-0.3, -0.25) is 0 Å². The van der Waals surface area contributed by atoms with Gasteiger partial charge in [0.15, 0.2) is 5.03 Å². The minimum Gasteiger partial charge on any atom is -0.388 e. The van der Waals surface area contributed by atoms with Crippen molar-refractivity contribution in [1.82, 2.24) is 13.9 Å². The number of aliphatic hydroxyl groups is 1. The first-order chi connectivity index (χ1) is 11.4. The van der Waals surface area contributed by atoms with Gasteiger partial charge in [0.1, 0.15) is 5.82 Å². The van der Waals surface area contributed by atoms with Crippen LogP contribution in [0.1, 0.15) is 30.3 Å². The van der Waals surface area contributed by atoms with Crippen molar-refractivity contribution in [2.24, 2.45) is 13.0 Å². The third-order valence-electron chi connectivity index (χ3n) is 4.78. The van der Waals surface area contributed by atoms with Gasteiger partial charge in [-0.1, -0.05) is 30.3 Å². The Kier molecular flexibility index (Phi) is 4.76. The van der Waals surface area contributed by atoms with Crippen molar-refractivity contribution in [2.45, 2.75) is 30.9 Å². The van der Waals surface area contributed by atoms with E-state index in [9.17, 15) is 13.5 Å². The van der Waals surface area contributed by atoms with Gasteiger partial charge in [0, 0.05) is 26.3 Å². The second-order valence-corrected chi connectivity index (χ2v) is 8.22. The van der Waals surface area contributed by atoms with Crippen LogP contribution in [0.25, 0.3) is 0 Å². The summed E-state index contributed by atoms with van der Waals surface area (Å²) in [4.78, 5) is 4.14. The molecule has 0 saturated carbocycles. The summed E-state index contributed by atoms with van der Waals surface area (Å²) in [5.74, 6) is 0.743. The quantitative estimate of drug-likeness (QED) is 0.914. The topological polar surface area (TPSA) is 75.4 Å². The molecule has 2 heterocycles. The highest BCUT2D eigenvalue weighted by Gasteiger charge is 2.33. The maximum absolute atomic E-state index is 12.7. The molecule has 2 aromatic rings. The van der Waals surface area contributed by atoms with Crippen LogP contribution in [-0.2, 0) is 17.1 Å². The van der Waals surface area contributed by atoms with Crippen LogP contribution in [0.4, 0.5) is 0 Å². The van der Waals surface area contributed by atoms with Crippen LogP contribution in [0.5, 0.6) is 0 Å². The number of nitrogens with zero attached hydrogens (tertiary/aromatic N) is 3. The van der Waals surface area contributed by atoms with Gasteiger partial charge in [-0.2, -0.15) is 4.31 Å². The van der Waals surface area contributed by atoms with Crippen molar-refractivity contribution >= 4 is 10.0 Å². The van der Waals surface area contributed by atoms with Crippen molar-refractivity contribution < 1.29 is 13.5 Å². The van der Waals surface area contributed by atoms with Crippen LogP contribution in [0, 0.1) is 12.8 Å². The monoisotopic (exact) mass is 349 g/mol. The predicted octanol–water partition coefficient (Wildman–Crippen LogP) is 1.86. The summed E-state index contributed by atoms with van der Waals surface area (Å²) in [6, 6.07) is 9.54. The van der Waals surface area contributed by atoms with E-state index in [1.54, 1.807) is 24.7 Å². The zero-order chi connectivity index (χ0) is 17.3. The molecule has 1 atom stereocenters. The number of rotatable bonds is 4. The molecular weight excluding hydrogens is 326 g/mol. The Bertz CT molecular complexity index is 774. The highest BCUT2D eigenvalue weighted by Crippen LogP contribution is 2.32. The van der Waals surface area contributed by atoms with Crippen molar-refractivity contribution in [3.8, 4) is 0 Å². The van der Waals surface area contributed by atoms with Crippen LogP contribution in [0.3, 0.4) is 0 Å². The normalized spacial score (nSPS) is 18.6. The van der Waals surface area contributed by atoms with Gasteiger partial charge in [-0.25, -0.2) is 13.4 Å². The maximum atomic E-state index is 12.7. The van der Waals surface area contributed by atoms with Crippen LogP contribution in [-0.4, -0.2) is 40.5 Å². The van der Waals surface area contributed by atoms with E-state index in [-0.39, 0.29) is 10.9 Å². The van der Waals surface area contributed by atoms with Crippen LogP contribution in [0.2, 0.25) is 0 Å². The molecule has 24 heavy (non-hydrogen) atoms. The lowest BCUT2D eigenvalue weighted by atomic mass is 9.88. The molecule has 1 aromatic heterocycles. The minimum absolute atomic E-state index is 0.0734. The largest absolute Gasteiger partial charge is 0.388 e. The molecule has 3 rings (SSSR count). The molecule has 1 aliphatic rings. The molecule has 7 heteroatoms. The fourth-order valence-electron chi connectivity index (χ4n) is 3.14. The average molecular weight is 349 g/mol. The SMILES string of the molecule is Cc1nc(S(=O)(=O)N2CCC(C(O)c3ccccc3)CC2)cn1C. The minimum atomic E-state index is -3.56. The molecule has 130 valence electrons. The van der Waals surface area contributed by atoms with E-state index in [0.717, 1.165) is 5.56 Å². The van der Waals surface area contributed by atoms with Crippen molar-refractivity contribution in [1.29, 1.82) is 0 Å². The summed E-state index contributed by atoms with van der Waals surface area (Å²) in [5, 5.41) is 10.6. The third-order valence-corrected chi connectivity index (χ3v) is 6.55. The number of imidazole rings is 1. The number of hydrogen-bond acceptors (Lipinski definition) is 4. The number of piperidine rings is 1. The zero-order valence-electron chi connectivity index (χ0n) is 14.0. The predicted molar refractivity (Wildman–Crippen MR) is 90.8 cm³/mol. The van der Waals surface area contributed by atoms with E-state index >= 15 is 0 Å². The standard InChI is InChI=1S/C17H23N3O3S/c1-13-18-16(12-19(13)2)24(22,23)20-10-8-15(9-11-20)17(21)14-6-4-3-5-7-14/h3-7,12,15,17,21H,8-11H2,1-2H3. The molecule has 1 saturated heterocycles. The summed E-state index contributed by atoms with van der Waals surface area (Å²) in [6.07, 6.45) is 2.28. The highest BCUT2D eigenvalue weighted by atomic mass is 32.2. The summed E-state index contributed by atoms with van der Waals surface area (Å²) < 4.78 is 28.6. The molecular formula is C17H23N3O3S. The van der Waals surface area contributed by atoms with Crippen molar-refractivity contribution in [2.75, 3.05) is 13.1 Å². The second-order valence-electron chi connectivity index (χ2n) is 6.33. The van der Waals surface area contributed by atoms with E-state index in [1.807, 2.05) is 30.3 Å². The Morgan fingerprint density at radius 2 is 1.83 bits per heavy atom. The van der Waals surface area contributed by atoms with E-state index in [0.29, 0.717) is 31.8 Å². The van der Waals surface area contributed by atoms with Crippen LogP contribution < -0.4 is 0 Å². The number of aromatic nitrogens is 2. The number of sulfonamides is 1. The van der Waals surface area contributed by atoms with E-state index in [2.05, 4.69) is 4.98 Å². The molecule has 1 aliphatic heterocycles. The average Bonchev–Trinajstić information content (AvgIpc) is 2.95. The fourth-order valence-corrected chi connectivity index (χ4v) is 4.63. The first kappa shape index (κ1) is 17.1. The maximum Gasteiger partial charge on any atom is 0.262 e. The molecule has 6 nitrogen and oxygen atoms in total. The summed E-state index contributed by atoms with van der Waals surface area (Å²) in [6.45, 7) is 2.60. The van der Waals surface area contributed by atoms with Gasteiger partial charge in [0.2, 0.25) is 0 Å². The fraction of sp³-hybridized carbons (Fsp3) is 0.471. The Morgan fingerprint density at radius 3 is 2.38 bits per heavy atom. The van der Waals surface area contributed by atoms with Gasteiger partial charge < -0.3 is 9.67 Å². The summed E-state index contributed by atoms with van der Waals surface area (Å²) in [7, 11) is -1.78. The Labute approximate surface area is 142 Å². The summed E-state index contributed by atoms with van der Waals surface area (Å²) >= 11 is 0. The second kappa shape index (κ2) is 6.66. The molecule has 1 N–H and O–H groups in total. The van der Waals surface area contributed by atoms with E-state index < -0.39 is 16.1 Å². The molecule has 1 unspecified atom stereocenters. The molecule has 1 aromatic carbocycles. The number of aryl methyl sites for hydroxylation is 2. The lowest BCUT2D eigenvalue weighted by Crippen LogP contribution is -2.39. The van der Waals surface area contributed by atoms with E-state index in [1.165, 1.54) is 4.31 Å². The first-order valence-electron chi connectivity index (χ1n) is 8.12. The highest BCUT2D eigenvalue weighted by molar-refractivity contribution is 7.89. The van der Waals surface area contributed by atoms with Crippen LogP contribution >= 0.6 is 0 Å². The van der Waals surface area contributed by atoms with Crippen LogP contribution in [0.15, 0.2) is 41.6 Å². The summed E-state index contributed by atoms with van der Waals surface area (Å²) in [5.41, 5.74) is 0.888. The third kappa shape index (κ3) is 3.24. The van der Waals surface area contributed by atoms with Gasteiger partial charge >= 0.3 is 0 Å². The molecule has 1 fully saturated rings. The Balaban J connectivity index is 1.68. The molecule has 0 aliphatic carbocycles. The Morgan fingerprint density at radius 1 is 1.21 bits per heavy atom. The smallest absolute Gasteiger partial charge is 0.262 e. The number of aliphatic hydroxyl groups excluding tert-OH is 1. The number of hydrogen-bond donors (Lipinski definition) is 1. The zero-order valence-corrected chi connectivity index (χ0v) is 14.8. The lowest BCUT2D eigenvalue weighted by Gasteiger charge is -2.33. The molecule has 0 spiro atoms. The van der Waals surface area contributed by atoms with E-state index in [4.69, 9.17) is 0 Å². The molecule has 0 bridgehead atoms. The van der Waals surface area contributed by atoms with Gasteiger partial charge in [0.05, 0.1) is 6.10 Å². The van der Waals surface area contributed by atoms with Gasteiger partial charge in [0.25, 0.3) is 10.0 Å². The Hall–Kier alpha value is -1.70. The molecule has 0 amide bonds. The molecule has 0 radical (unpaired) electrons. The van der Waals surface area contributed by atoms with Crippen molar-refractivity contribution in [3.63, 3.8) is 0 Å².